The van der Waals surface area contributed by atoms with Gasteiger partial charge < -0.3 is 5.11 Å². The third kappa shape index (κ3) is 3.05. The lowest BCUT2D eigenvalue weighted by molar-refractivity contribution is 0.0697. The van der Waals surface area contributed by atoms with Gasteiger partial charge in [0, 0.05) is 4.90 Å². The average Bonchev–Trinajstić information content (AvgIpc) is 2.40. The molecule has 0 saturated heterocycles. The van der Waals surface area contributed by atoms with Crippen LogP contribution in [0.15, 0.2) is 59.5 Å². The standard InChI is InChI=1S/C14H12O3S/c15-14(16)12-6-4-5-11(9-12)10-18(17)13-7-2-1-3-8-13/h1-9H,10H2,(H,15,16). The van der Waals surface area contributed by atoms with Crippen molar-refractivity contribution in [1.29, 1.82) is 0 Å². The predicted octanol–water partition coefficient (Wildman–Crippen LogP) is 2.69. The Labute approximate surface area is 108 Å². The van der Waals surface area contributed by atoms with Crippen molar-refractivity contribution in [2.75, 3.05) is 0 Å². The third-order valence-corrected chi connectivity index (χ3v) is 3.87. The van der Waals surface area contributed by atoms with Gasteiger partial charge in [-0.3, -0.25) is 4.21 Å². The smallest absolute Gasteiger partial charge is 0.335 e. The second kappa shape index (κ2) is 5.60. The van der Waals surface area contributed by atoms with E-state index in [1.807, 2.05) is 18.2 Å². The first-order valence-electron chi connectivity index (χ1n) is 5.42. The van der Waals surface area contributed by atoms with E-state index in [4.69, 9.17) is 5.11 Å². The highest BCUT2D eigenvalue weighted by Crippen LogP contribution is 2.13. The minimum Gasteiger partial charge on any atom is -0.478 e. The van der Waals surface area contributed by atoms with Crippen LogP contribution >= 0.6 is 0 Å². The number of hydrogen-bond acceptors (Lipinski definition) is 2. The maximum Gasteiger partial charge on any atom is 0.335 e. The molecule has 0 amide bonds. The van der Waals surface area contributed by atoms with Gasteiger partial charge in [-0.25, -0.2) is 4.79 Å². The molecule has 92 valence electrons. The van der Waals surface area contributed by atoms with Gasteiger partial charge in [0.25, 0.3) is 0 Å². The second-order valence-electron chi connectivity index (χ2n) is 3.81. The van der Waals surface area contributed by atoms with E-state index in [1.165, 1.54) is 6.07 Å². The van der Waals surface area contributed by atoms with E-state index >= 15 is 0 Å². The summed E-state index contributed by atoms with van der Waals surface area (Å²) in [6.07, 6.45) is 0. The number of carboxylic acids is 1. The molecule has 0 heterocycles. The van der Waals surface area contributed by atoms with E-state index < -0.39 is 16.8 Å². The molecule has 0 aliphatic carbocycles. The maximum absolute atomic E-state index is 12.1. The molecule has 0 spiro atoms. The van der Waals surface area contributed by atoms with Crippen molar-refractivity contribution < 1.29 is 14.1 Å². The van der Waals surface area contributed by atoms with Crippen molar-refractivity contribution in [3.05, 3.63) is 65.7 Å². The highest BCUT2D eigenvalue weighted by atomic mass is 32.2. The molecule has 0 radical (unpaired) electrons. The van der Waals surface area contributed by atoms with Crippen LogP contribution in [0.5, 0.6) is 0 Å². The maximum atomic E-state index is 12.1. The van der Waals surface area contributed by atoms with Crippen LogP contribution < -0.4 is 0 Å². The topological polar surface area (TPSA) is 54.4 Å². The van der Waals surface area contributed by atoms with Crippen molar-refractivity contribution >= 4 is 16.8 Å². The van der Waals surface area contributed by atoms with Gasteiger partial charge in [-0.05, 0) is 29.8 Å². The van der Waals surface area contributed by atoms with E-state index in [9.17, 15) is 9.00 Å². The molecule has 0 aliphatic rings. The van der Waals surface area contributed by atoms with Gasteiger partial charge in [0.15, 0.2) is 0 Å². The molecule has 2 rings (SSSR count). The zero-order valence-electron chi connectivity index (χ0n) is 9.58. The summed E-state index contributed by atoms with van der Waals surface area (Å²) in [6, 6.07) is 15.7. The largest absolute Gasteiger partial charge is 0.478 e. The van der Waals surface area contributed by atoms with Crippen LogP contribution in [-0.4, -0.2) is 15.3 Å². The number of carboxylic acid groups (broad SMARTS) is 1. The number of carbonyl (C=O) groups is 1. The summed E-state index contributed by atoms with van der Waals surface area (Å²) in [5, 5.41) is 8.88. The van der Waals surface area contributed by atoms with Gasteiger partial charge in [0.05, 0.1) is 22.1 Å². The van der Waals surface area contributed by atoms with Crippen molar-refractivity contribution in [2.24, 2.45) is 0 Å². The van der Waals surface area contributed by atoms with Crippen molar-refractivity contribution in [3.8, 4) is 0 Å². The van der Waals surface area contributed by atoms with E-state index in [2.05, 4.69) is 0 Å². The Kier molecular flexibility index (Phi) is 3.89. The Morgan fingerprint density at radius 1 is 1.06 bits per heavy atom. The lowest BCUT2D eigenvalue weighted by Crippen LogP contribution is -2.00. The summed E-state index contributed by atoms with van der Waals surface area (Å²) in [4.78, 5) is 11.6. The number of hydrogen-bond donors (Lipinski definition) is 1. The molecular formula is C14H12O3S. The van der Waals surface area contributed by atoms with Gasteiger partial charge >= 0.3 is 5.97 Å². The van der Waals surface area contributed by atoms with Gasteiger partial charge in [0.2, 0.25) is 0 Å². The number of aromatic carboxylic acids is 1. The minimum atomic E-state index is -1.15. The molecule has 0 saturated carbocycles. The van der Waals surface area contributed by atoms with Crippen LogP contribution in [0.3, 0.4) is 0 Å². The molecule has 2 aromatic carbocycles. The second-order valence-corrected chi connectivity index (χ2v) is 5.26. The molecular weight excluding hydrogens is 248 g/mol. The van der Waals surface area contributed by atoms with Crippen LogP contribution in [0, 0.1) is 0 Å². The molecule has 18 heavy (non-hydrogen) atoms. The molecule has 0 fully saturated rings. The molecule has 0 bridgehead atoms. The number of rotatable bonds is 4. The molecule has 0 aliphatic heterocycles. The predicted molar refractivity (Wildman–Crippen MR) is 70.0 cm³/mol. The zero-order chi connectivity index (χ0) is 13.0. The van der Waals surface area contributed by atoms with Gasteiger partial charge in [0.1, 0.15) is 0 Å². The van der Waals surface area contributed by atoms with Crippen LogP contribution in [0.2, 0.25) is 0 Å². The summed E-state index contributed by atoms with van der Waals surface area (Å²) in [7, 11) is -1.15. The Bertz CT molecular complexity index is 579. The number of benzene rings is 2. The summed E-state index contributed by atoms with van der Waals surface area (Å²) < 4.78 is 12.1. The zero-order valence-corrected chi connectivity index (χ0v) is 10.4. The van der Waals surface area contributed by atoms with E-state index in [1.54, 1.807) is 30.3 Å². The van der Waals surface area contributed by atoms with Crippen LogP contribution in [0.4, 0.5) is 0 Å². The van der Waals surface area contributed by atoms with Crippen molar-refractivity contribution in [1.82, 2.24) is 0 Å². The first kappa shape index (κ1) is 12.5. The summed E-state index contributed by atoms with van der Waals surface area (Å²) in [6.45, 7) is 0. The molecule has 1 N–H and O–H groups in total. The summed E-state index contributed by atoms with van der Waals surface area (Å²) in [5.41, 5.74) is 0.981. The fourth-order valence-corrected chi connectivity index (χ4v) is 2.71. The third-order valence-electron chi connectivity index (χ3n) is 2.48. The van der Waals surface area contributed by atoms with Crippen molar-refractivity contribution in [3.63, 3.8) is 0 Å². The Balaban J connectivity index is 2.17. The first-order valence-corrected chi connectivity index (χ1v) is 6.74. The molecule has 2 aromatic rings. The SMILES string of the molecule is O=C(O)c1cccc(CS(=O)c2ccccc2)c1. The summed E-state index contributed by atoms with van der Waals surface area (Å²) in [5.74, 6) is -0.646. The molecule has 1 atom stereocenters. The fourth-order valence-electron chi connectivity index (χ4n) is 1.60. The summed E-state index contributed by atoms with van der Waals surface area (Å²) >= 11 is 0. The lowest BCUT2D eigenvalue weighted by Gasteiger charge is -2.03. The van der Waals surface area contributed by atoms with Gasteiger partial charge in [-0.15, -0.1) is 0 Å². The van der Waals surface area contributed by atoms with E-state index in [-0.39, 0.29) is 5.56 Å². The van der Waals surface area contributed by atoms with Gasteiger partial charge in [-0.1, -0.05) is 30.3 Å². The van der Waals surface area contributed by atoms with E-state index in [0.717, 1.165) is 10.5 Å². The monoisotopic (exact) mass is 260 g/mol. The van der Waals surface area contributed by atoms with Crippen LogP contribution in [0.1, 0.15) is 15.9 Å². The Morgan fingerprint density at radius 3 is 2.44 bits per heavy atom. The van der Waals surface area contributed by atoms with Crippen LogP contribution in [0.25, 0.3) is 0 Å². The average molecular weight is 260 g/mol. The normalized spacial score (nSPS) is 12.0. The lowest BCUT2D eigenvalue weighted by atomic mass is 10.1. The minimum absolute atomic E-state index is 0.220. The Hall–Kier alpha value is -1.94. The fraction of sp³-hybridized carbons (Fsp3) is 0.0714. The molecule has 1 unspecified atom stereocenters. The first-order chi connectivity index (χ1) is 8.66. The highest BCUT2D eigenvalue weighted by Gasteiger charge is 2.07. The van der Waals surface area contributed by atoms with Gasteiger partial charge in [-0.2, -0.15) is 0 Å². The Morgan fingerprint density at radius 2 is 1.78 bits per heavy atom. The van der Waals surface area contributed by atoms with Crippen molar-refractivity contribution in [2.45, 2.75) is 10.6 Å². The molecule has 4 heteroatoms. The molecule has 0 aromatic heterocycles. The van der Waals surface area contributed by atoms with E-state index in [0.29, 0.717) is 5.75 Å². The quantitative estimate of drug-likeness (QED) is 0.919. The highest BCUT2D eigenvalue weighted by molar-refractivity contribution is 7.84. The molecule has 3 nitrogen and oxygen atoms in total. The van der Waals surface area contributed by atoms with Crippen LogP contribution in [-0.2, 0) is 16.6 Å².